The Hall–Kier alpha value is -0.860. The zero-order valence-electron chi connectivity index (χ0n) is 7.09. The molecule has 0 rings (SSSR count). The van der Waals surface area contributed by atoms with Crippen LogP contribution in [0.15, 0.2) is 0 Å². The first kappa shape index (κ1) is 10.1. The molecule has 0 aliphatic heterocycles. The Kier molecular flexibility index (Phi) is 3.79. The minimum atomic E-state index is -1.26. The Morgan fingerprint density at radius 2 is 1.82 bits per heavy atom. The monoisotopic (exact) mass is 157 g/mol. The predicted molar refractivity (Wildman–Crippen MR) is 38.6 cm³/mol. The maximum Gasteiger partial charge on any atom is 0.138 e. The van der Waals surface area contributed by atoms with E-state index in [0.717, 1.165) is 0 Å². The summed E-state index contributed by atoms with van der Waals surface area (Å²) in [5.74, 6) is -2.29. The largest absolute Gasteiger partial charge is 0.549 e. The highest BCUT2D eigenvalue weighted by molar-refractivity contribution is 5.95. The number of ketones is 1. The third kappa shape index (κ3) is 3.75. The Bertz CT molecular complexity index is 147. The molecule has 1 atom stereocenters. The van der Waals surface area contributed by atoms with E-state index in [1.165, 1.54) is 6.92 Å². The van der Waals surface area contributed by atoms with Crippen molar-refractivity contribution in [1.29, 1.82) is 0 Å². The van der Waals surface area contributed by atoms with Gasteiger partial charge in [0.05, 0.1) is 11.9 Å². The van der Waals surface area contributed by atoms with E-state index in [1.54, 1.807) is 0 Å². The fraction of sp³-hybridized carbons (Fsp3) is 0.750. The SMILES string of the molecule is CC(=O)C(CC(C)C)C(=O)[O-]. The fourth-order valence-electron chi connectivity index (χ4n) is 0.900. The number of carbonyl (C=O) groups is 2. The zero-order chi connectivity index (χ0) is 9.02. The van der Waals surface area contributed by atoms with Gasteiger partial charge in [0.1, 0.15) is 5.78 Å². The Balaban J connectivity index is 4.12. The van der Waals surface area contributed by atoms with Gasteiger partial charge in [-0.25, -0.2) is 0 Å². The van der Waals surface area contributed by atoms with Crippen molar-refractivity contribution in [1.82, 2.24) is 0 Å². The van der Waals surface area contributed by atoms with E-state index in [1.807, 2.05) is 13.8 Å². The van der Waals surface area contributed by atoms with E-state index in [0.29, 0.717) is 6.42 Å². The summed E-state index contributed by atoms with van der Waals surface area (Å²) in [6.45, 7) is 5.03. The predicted octanol–water partition coefficient (Wildman–Crippen LogP) is -0.0124. The quantitative estimate of drug-likeness (QED) is 0.539. The number of hydrogen-bond donors (Lipinski definition) is 0. The molecule has 0 saturated heterocycles. The molecule has 0 aliphatic rings. The number of Topliss-reactive ketones (excluding diaryl/α,β-unsaturated/α-hetero) is 1. The van der Waals surface area contributed by atoms with Crippen molar-refractivity contribution in [2.24, 2.45) is 11.8 Å². The summed E-state index contributed by atoms with van der Waals surface area (Å²) in [6.07, 6.45) is 0.373. The Morgan fingerprint density at radius 3 is 1.91 bits per heavy atom. The van der Waals surface area contributed by atoms with Crippen molar-refractivity contribution in [2.45, 2.75) is 27.2 Å². The third-order valence-electron chi connectivity index (χ3n) is 1.48. The lowest BCUT2D eigenvalue weighted by Gasteiger charge is -2.16. The second-order valence-corrected chi connectivity index (χ2v) is 3.11. The Morgan fingerprint density at radius 1 is 1.36 bits per heavy atom. The molecule has 11 heavy (non-hydrogen) atoms. The van der Waals surface area contributed by atoms with Gasteiger partial charge < -0.3 is 9.90 Å². The van der Waals surface area contributed by atoms with Crippen molar-refractivity contribution >= 4 is 11.8 Å². The molecule has 0 radical (unpaired) electrons. The molecule has 64 valence electrons. The van der Waals surface area contributed by atoms with Crippen molar-refractivity contribution in [2.75, 3.05) is 0 Å². The smallest absolute Gasteiger partial charge is 0.138 e. The van der Waals surface area contributed by atoms with E-state index in [4.69, 9.17) is 0 Å². The van der Waals surface area contributed by atoms with Crippen LogP contribution < -0.4 is 5.11 Å². The lowest BCUT2D eigenvalue weighted by molar-refractivity contribution is -0.310. The molecule has 0 amide bonds. The molecule has 0 spiro atoms. The average molecular weight is 157 g/mol. The maximum atomic E-state index is 10.7. The van der Waals surface area contributed by atoms with Gasteiger partial charge in [0.25, 0.3) is 0 Å². The second kappa shape index (κ2) is 4.11. The van der Waals surface area contributed by atoms with Crippen molar-refractivity contribution < 1.29 is 14.7 Å². The van der Waals surface area contributed by atoms with Crippen LogP contribution in [-0.2, 0) is 9.59 Å². The maximum absolute atomic E-state index is 10.7. The normalized spacial score (nSPS) is 13.1. The van der Waals surface area contributed by atoms with Gasteiger partial charge >= 0.3 is 0 Å². The van der Waals surface area contributed by atoms with Crippen LogP contribution in [-0.4, -0.2) is 11.8 Å². The molecule has 0 aromatic heterocycles. The molecule has 0 aromatic rings. The van der Waals surface area contributed by atoms with Crippen LogP contribution in [0.25, 0.3) is 0 Å². The summed E-state index contributed by atoms with van der Waals surface area (Å²) in [5, 5.41) is 10.3. The molecule has 3 heteroatoms. The summed E-state index contributed by atoms with van der Waals surface area (Å²) in [7, 11) is 0. The summed E-state index contributed by atoms with van der Waals surface area (Å²) < 4.78 is 0. The molecular formula is C8H13O3-. The molecule has 0 bridgehead atoms. The molecule has 1 unspecified atom stereocenters. The second-order valence-electron chi connectivity index (χ2n) is 3.11. The molecular weight excluding hydrogens is 144 g/mol. The summed E-state index contributed by atoms with van der Waals surface area (Å²) in [5.41, 5.74) is 0. The van der Waals surface area contributed by atoms with Crippen LogP contribution in [0.2, 0.25) is 0 Å². The number of carbonyl (C=O) groups excluding carboxylic acids is 2. The van der Waals surface area contributed by atoms with Crippen LogP contribution in [0.4, 0.5) is 0 Å². The standard InChI is InChI=1S/C8H14O3/c1-5(2)4-7(6(3)9)8(10)11/h5,7H,4H2,1-3H3,(H,10,11)/p-1. The van der Waals surface area contributed by atoms with Crippen LogP contribution in [0, 0.1) is 11.8 Å². The molecule has 0 saturated carbocycles. The van der Waals surface area contributed by atoms with E-state index < -0.39 is 11.9 Å². The minimum Gasteiger partial charge on any atom is -0.549 e. The fourth-order valence-corrected chi connectivity index (χ4v) is 0.900. The zero-order valence-corrected chi connectivity index (χ0v) is 7.09. The summed E-state index contributed by atoms with van der Waals surface area (Å²) in [6, 6.07) is 0. The number of rotatable bonds is 4. The average Bonchev–Trinajstić information content (AvgIpc) is 1.81. The highest BCUT2D eigenvalue weighted by atomic mass is 16.4. The molecule has 0 aliphatic carbocycles. The van der Waals surface area contributed by atoms with Gasteiger partial charge in [-0.2, -0.15) is 0 Å². The lowest BCUT2D eigenvalue weighted by Crippen LogP contribution is -2.36. The number of aliphatic carboxylic acids is 1. The van der Waals surface area contributed by atoms with Gasteiger partial charge in [-0.05, 0) is 19.3 Å². The molecule has 3 nitrogen and oxygen atoms in total. The van der Waals surface area contributed by atoms with Crippen molar-refractivity contribution in [3.05, 3.63) is 0 Å². The molecule has 0 N–H and O–H groups in total. The van der Waals surface area contributed by atoms with Gasteiger partial charge in [-0.15, -0.1) is 0 Å². The van der Waals surface area contributed by atoms with Crippen molar-refractivity contribution in [3.8, 4) is 0 Å². The molecule has 0 heterocycles. The van der Waals surface area contributed by atoms with Crippen LogP contribution in [0.5, 0.6) is 0 Å². The number of carboxylic acids is 1. The van der Waals surface area contributed by atoms with Gasteiger partial charge in [0.15, 0.2) is 0 Å². The first-order valence-electron chi connectivity index (χ1n) is 3.66. The summed E-state index contributed by atoms with van der Waals surface area (Å²) in [4.78, 5) is 21.0. The van der Waals surface area contributed by atoms with E-state index in [9.17, 15) is 14.7 Å². The van der Waals surface area contributed by atoms with Crippen LogP contribution >= 0.6 is 0 Å². The van der Waals surface area contributed by atoms with E-state index in [-0.39, 0.29) is 11.7 Å². The van der Waals surface area contributed by atoms with Crippen molar-refractivity contribution in [3.63, 3.8) is 0 Å². The van der Waals surface area contributed by atoms with Gasteiger partial charge in [0, 0.05) is 0 Å². The van der Waals surface area contributed by atoms with Crippen LogP contribution in [0.3, 0.4) is 0 Å². The topological polar surface area (TPSA) is 57.2 Å². The van der Waals surface area contributed by atoms with Crippen LogP contribution in [0.1, 0.15) is 27.2 Å². The third-order valence-corrected chi connectivity index (χ3v) is 1.48. The minimum absolute atomic E-state index is 0.210. The molecule has 0 fully saturated rings. The van der Waals surface area contributed by atoms with E-state index in [2.05, 4.69) is 0 Å². The number of hydrogen-bond acceptors (Lipinski definition) is 3. The lowest BCUT2D eigenvalue weighted by atomic mass is 9.94. The first-order valence-corrected chi connectivity index (χ1v) is 3.66. The number of carboxylic acid groups (broad SMARTS) is 1. The van der Waals surface area contributed by atoms with Gasteiger partial charge in [-0.1, -0.05) is 13.8 Å². The molecule has 0 aromatic carbocycles. The van der Waals surface area contributed by atoms with E-state index >= 15 is 0 Å². The highest BCUT2D eigenvalue weighted by Crippen LogP contribution is 2.11. The highest BCUT2D eigenvalue weighted by Gasteiger charge is 2.16. The Labute approximate surface area is 66.4 Å². The first-order chi connectivity index (χ1) is 4.95. The van der Waals surface area contributed by atoms with Gasteiger partial charge in [0.2, 0.25) is 0 Å². The summed E-state index contributed by atoms with van der Waals surface area (Å²) >= 11 is 0. The van der Waals surface area contributed by atoms with Gasteiger partial charge in [-0.3, -0.25) is 4.79 Å².